The minimum Gasteiger partial charge on any atom is -0.304 e. The van der Waals surface area contributed by atoms with Gasteiger partial charge in [-0.3, -0.25) is 0 Å². The first-order valence-electron chi connectivity index (χ1n) is 3.83. The molecule has 0 atom stereocenters. The van der Waals surface area contributed by atoms with Gasteiger partial charge in [0.2, 0.25) is 0 Å². The van der Waals surface area contributed by atoms with Crippen LogP contribution < -0.4 is 0 Å². The van der Waals surface area contributed by atoms with Crippen molar-refractivity contribution in [3.63, 3.8) is 0 Å². The van der Waals surface area contributed by atoms with Crippen molar-refractivity contribution in [1.82, 2.24) is 4.90 Å². The normalized spacial score (nSPS) is 11.0. The van der Waals surface area contributed by atoms with E-state index in [1.807, 2.05) is 0 Å². The molecule has 0 aliphatic rings. The van der Waals surface area contributed by atoms with Gasteiger partial charge in [0.05, 0.1) is 0 Å². The second-order valence-electron chi connectivity index (χ2n) is 2.05. The average Bonchev–Trinajstić information content (AvgIpc) is 1.88. The lowest BCUT2D eigenvalue weighted by atomic mass is 10.5. The van der Waals surface area contributed by atoms with Crippen LogP contribution in [0.4, 0.5) is 0 Å². The molecule has 0 N–H and O–H groups in total. The van der Waals surface area contributed by atoms with E-state index in [-0.39, 0.29) is 0 Å². The fourth-order valence-electron chi connectivity index (χ4n) is 0.671. The molecule has 76 valence electrons. The maximum absolute atomic E-state index is 4.83. The van der Waals surface area contributed by atoms with Gasteiger partial charge in [0.1, 0.15) is 0 Å². The fourth-order valence-corrected chi connectivity index (χ4v) is 0.671. The first-order valence-corrected chi connectivity index (χ1v) is 5.34. The van der Waals surface area contributed by atoms with E-state index in [1.54, 1.807) is 0 Å². The van der Waals surface area contributed by atoms with Crippen LogP contribution >= 0.6 is 46.4 Å². The number of nitrogens with zero attached hydrogens (tertiary/aromatic N) is 1. The molecule has 0 rings (SSSR count). The Morgan fingerprint density at radius 1 is 0.833 bits per heavy atom. The topological polar surface area (TPSA) is 3.24 Å². The molecule has 12 heavy (non-hydrogen) atoms. The molecule has 0 aromatic rings. The summed E-state index contributed by atoms with van der Waals surface area (Å²) in [7, 11) is 0. The second kappa shape index (κ2) is 8.71. The van der Waals surface area contributed by atoms with E-state index in [4.69, 9.17) is 46.4 Å². The van der Waals surface area contributed by atoms with Gasteiger partial charge >= 0.3 is 0 Å². The van der Waals surface area contributed by atoms with Gasteiger partial charge in [0.25, 0.3) is 3.25 Å². The molecule has 0 unspecified atom stereocenters. The van der Waals surface area contributed by atoms with Gasteiger partial charge in [-0.15, -0.1) is 0 Å². The van der Waals surface area contributed by atoms with Crippen LogP contribution in [-0.4, -0.2) is 27.8 Å². The zero-order valence-electron chi connectivity index (χ0n) is 7.58. The predicted molar refractivity (Wildman–Crippen MR) is 59.6 cm³/mol. The van der Waals surface area contributed by atoms with E-state index in [9.17, 15) is 0 Å². The lowest BCUT2D eigenvalue weighted by Crippen LogP contribution is -2.21. The Labute approximate surface area is 94.9 Å². The number of halogens is 4. The van der Waals surface area contributed by atoms with E-state index in [1.165, 1.54) is 19.6 Å². The quantitative estimate of drug-likeness (QED) is 0.691. The van der Waals surface area contributed by atoms with Crippen molar-refractivity contribution < 1.29 is 0 Å². The highest BCUT2D eigenvalue weighted by Gasteiger charge is 2.11. The molecular formula is C7H15Cl4N. The standard InChI is InChI=1S/C6H15N.CCl4/c1-4-7(5-2)6-3;2-1(3,4)5/h4-6H2,1-3H3;. The Morgan fingerprint density at radius 3 is 1.00 bits per heavy atom. The lowest BCUT2D eigenvalue weighted by Gasteiger charge is -2.13. The molecule has 0 aliphatic heterocycles. The maximum Gasteiger partial charge on any atom is 0.266 e. The Morgan fingerprint density at radius 2 is 1.00 bits per heavy atom. The maximum atomic E-state index is 4.83. The summed E-state index contributed by atoms with van der Waals surface area (Å²) in [5.41, 5.74) is 0. The van der Waals surface area contributed by atoms with Crippen molar-refractivity contribution in [2.45, 2.75) is 24.0 Å². The molecule has 0 saturated carbocycles. The van der Waals surface area contributed by atoms with Gasteiger partial charge in [0.15, 0.2) is 0 Å². The number of rotatable bonds is 3. The van der Waals surface area contributed by atoms with Crippen LogP contribution in [0.15, 0.2) is 0 Å². The monoisotopic (exact) mass is 253 g/mol. The van der Waals surface area contributed by atoms with Crippen LogP contribution in [0.1, 0.15) is 20.8 Å². The average molecular weight is 255 g/mol. The summed E-state index contributed by atoms with van der Waals surface area (Å²) in [5.74, 6) is 0. The summed E-state index contributed by atoms with van der Waals surface area (Å²) < 4.78 is -1.61. The molecule has 5 heteroatoms. The van der Waals surface area contributed by atoms with Crippen molar-refractivity contribution in [2.75, 3.05) is 19.6 Å². The third kappa shape index (κ3) is 22.5. The lowest BCUT2D eigenvalue weighted by molar-refractivity contribution is 0.321. The summed E-state index contributed by atoms with van der Waals surface area (Å²) in [6.07, 6.45) is 0. The summed E-state index contributed by atoms with van der Waals surface area (Å²) in [5, 5.41) is 0. The first-order chi connectivity index (χ1) is 5.35. The van der Waals surface area contributed by atoms with Gasteiger partial charge < -0.3 is 4.90 Å². The van der Waals surface area contributed by atoms with Crippen molar-refractivity contribution in [3.05, 3.63) is 0 Å². The Hall–Kier alpha value is 1.12. The van der Waals surface area contributed by atoms with Crippen molar-refractivity contribution in [2.24, 2.45) is 0 Å². The predicted octanol–water partition coefficient (Wildman–Crippen LogP) is 3.90. The van der Waals surface area contributed by atoms with Crippen LogP contribution in [0.5, 0.6) is 0 Å². The molecule has 0 aromatic carbocycles. The Kier molecular flexibility index (Phi) is 11.3. The second-order valence-corrected chi connectivity index (χ2v) is 5.48. The van der Waals surface area contributed by atoms with Crippen LogP contribution in [0, 0.1) is 0 Å². The minimum absolute atomic E-state index is 1.19. The molecule has 0 bridgehead atoms. The zero-order chi connectivity index (χ0) is 10.2. The number of hydrogen-bond acceptors (Lipinski definition) is 1. The molecule has 0 fully saturated rings. The van der Waals surface area contributed by atoms with Gasteiger partial charge in [-0.25, -0.2) is 0 Å². The Balaban J connectivity index is 0. The molecule has 0 aliphatic carbocycles. The van der Waals surface area contributed by atoms with E-state index in [0.717, 1.165) is 0 Å². The zero-order valence-corrected chi connectivity index (χ0v) is 10.6. The Bertz CT molecular complexity index is 76.4. The molecule has 0 aromatic heterocycles. The minimum atomic E-state index is -1.61. The SMILES string of the molecule is CCN(CC)CC.ClC(Cl)(Cl)Cl. The van der Waals surface area contributed by atoms with Gasteiger partial charge in [-0.2, -0.15) is 0 Å². The third-order valence-corrected chi connectivity index (χ3v) is 1.34. The fraction of sp³-hybridized carbons (Fsp3) is 1.00. The van der Waals surface area contributed by atoms with Gasteiger partial charge in [-0.1, -0.05) is 67.2 Å². The molecule has 0 amide bonds. The summed E-state index contributed by atoms with van der Waals surface area (Å²) in [6, 6.07) is 0. The van der Waals surface area contributed by atoms with Crippen LogP contribution in [0.2, 0.25) is 0 Å². The molecule has 0 radical (unpaired) electrons. The van der Waals surface area contributed by atoms with Crippen molar-refractivity contribution in [1.29, 1.82) is 0 Å². The first kappa shape index (κ1) is 15.6. The van der Waals surface area contributed by atoms with Crippen LogP contribution in [0.3, 0.4) is 0 Å². The van der Waals surface area contributed by atoms with E-state index >= 15 is 0 Å². The van der Waals surface area contributed by atoms with E-state index in [2.05, 4.69) is 25.7 Å². The number of hydrogen-bond donors (Lipinski definition) is 0. The largest absolute Gasteiger partial charge is 0.304 e. The smallest absolute Gasteiger partial charge is 0.266 e. The molecule has 0 spiro atoms. The van der Waals surface area contributed by atoms with E-state index in [0.29, 0.717) is 0 Å². The summed E-state index contributed by atoms with van der Waals surface area (Å²) in [4.78, 5) is 2.38. The highest BCUT2D eigenvalue weighted by molar-refractivity contribution is 6.83. The van der Waals surface area contributed by atoms with Crippen molar-refractivity contribution in [3.8, 4) is 0 Å². The van der Waals surface area contributed by atoms with Gasteiger partial charge in [0, 0.05) is 0 Å². The molecule has 1 nitrogen and oxygen atoms in total. The van der Waals surface area contributed by atoms with E-state index < -0.39 is 3.25 Å². The molecule has 0 saturated heterocycles. The van der Waals surface area contributed by atoms with Gasteiger partial charge in [-0.05, 0) is 19.6 Å². The summed E-state index contributed by atoms with van der Waals surface area (Å²) >= 11 is 19.3. The highest BCUT2D eigenvalue weighted by Crippen LogP contribution is 2.29. The van der Waals surface area contributed by atoms with Crippen LogP contribution in [-0.2, 0) is 0 Å². The number of alkyl halides is 4. The summed E-state index contributed by atoms with van der Waals surface area (Å²) in [6.45, 7) is 10.1. The molecule has 0 heterocycles. The third-order valence-electron chi connectivity index (χ3n) is 1.34. The van der Waals surface area contributed by atoms with Crippen LogP contribution in [0.25, 0.3) is 0 Å². The molecular weight excluding hydrogens is 240 g/mol. The highest BCUT2D eigenvalue weighted by atomic mass is 35.6. The van der Waals surface area contributed by atoms with Crippen molar-refractivity contribution >= 4 is 46.4 Å².